The van der Waals surface area contributed by atoms with Crippen LogP contribution in [0.4, 0.5) is 14.5 Å². The summed E-state index contributed by atoms with van der Waals surface area (Å²) in [6, 6.07) is 17.3. The normalized spacial score (nSPS) is 18.7. The van der Waals surface area contributed by atoms with Crippen LogP contribution in [-0.2, 0) is 14.6 Å². The molecular formula is C31H36BrF2NO3Si. The van der Waals surface area contributed by atoms with Gasteiger partial charge >= 0.3 is 0 Å². The highest BCUT2D eigenvalue weighted by Crippen LogP contribution is 2.49. The van der Waals surface area contributed by atoms with Gasteiger partial charge in [-0.05, 0) is 84.6 Å². The molecule has 1 N–H and O–H groups in total. The predicted molar refractivity (Wildman–Crippen MR) is 158 cm³/mol. The molecule has 3 atom stereocenters. The molecule has 4 rings (SSSR count). The van der Waals surface area contributed by atoms with Gasteiger partial charge in [0.2, 0.25) is 5.91 Å². The number of carbonyl (C=O) groups excluding carboxylic acids is 1. The Labute approximate surface area is 239 Å². The van der Waals surface area contributed by atoms with E-state index in [1.54, 1.807) is 35.2 Å². The SMILES string of the molecule is CC(C)(C)[Si](C)(C)OC(CCC1C(=O)N(c2ccc(F)cc2)C1c1ccc(CBr)cc1O)c1ccc(F)cc1. The first-order valence-electron chi connectivity index (χ1n) is 13.2. The van der Waals surface area contributed by atoms with E-state index in [2.05, 4.69) is 49.8 Å². The van der Waals surface area contributed by atoms with Crippen molar-refractivity contribution in [2.24, 2.45) is 5.92 Å². The number of amides is 1. The average Bonchev–Trinajstić information content (AvgIpc) is 2.87. The van der Waals surface area contributed by atoms with Crippen LogP contribution in [0, 0.1) is 17.6 Å². The number of halogens is 3. The van der Waals surface area contributed by atoms with E-state index in [9.17, 15) is 18.7 Å². The van der Waals surface area contributed by atoms with Crippen LogP contribution >= 0.6 is 15.9 Å². The molecule has 3 unspecified atom stereocenters. The zero-order valence-corrected chi connectivity index (χ0v) is 25.6. The maximum absolute atomic E-state index is 13.7. The number of benzene rings is 3. The largest absolute Gasteiger partial charge is 0.508 e. The Morgan fingerprint density at radius 2 is 1.59 bits per heavy atom. The Morgan fingerprint density at radius 1 is 1.00 bits per heavy atom. The summed E-state index contributed by atoms with van der Waals surface area (Å²) in [5, 5.41) is 11.5. The van der Waals surface area contributed by atoms with E-state index in [0.717, 1.165) is 11.1 Å². The van der Waals surface area contributed by atoms with Gasteiger partial charge < -0.3 is 14.4 Å². The van der Waals surface area contributed by atoms with Crippen molar-refractivity contribution in [2.75, 3.05) is 4.90 Å². The average molecular weight is 617 g/mol. The molecule has 0 saturated carbocycles. The lowest BCUT2D eigenvalue weighted by Crippen LogP contribution is -2.55. The molecule has 0 aromatic heterocycles. The molecule has 1 aliphatic rings. The molecule has 3 aromatic rings. The number of alkyl halides is 1. The zero-order valence-electron chi connectivity index (χ0n) is 23.0. The van der Waals surface area contributed by atoms with Crippen LogP contribution in [-0.4, -0.2) is 19.3 Å². The summed E-state index contributed by atoms with van der Waals surface area (Å²) in [6.45, 7) is 10.9. The van der Waals surface area contributed by atoms with Gasteiger partial charge in [-0.2, -0.15) is 0 Å². The van der Waals surface area contributed by atoms with Crippen molar-refractivity contribution in [1.82, 2.24) is 0 Å². The molecule has 39 heavy (non-hydrogen) atoms. The number of β-lactam (4-membered cyclic amide) rings is 1. The van der Waals surface area contributed by atoms with Gasteiger partial charge in [-0.25, -0.2) is 8.78 Å². The fourth-order valence-electron chi connectivity index (χ4n) is 4.83. The lowest BCUT2D eigenvalue weighted by Gasteiger charge is -2.48. The van der Waals surface area contributed by atoms with Crippen molar-refractivity contribution in [3.05, 3.63) is 95.1 Å². The minimum atomic E-state index is -2.19. The predicted octanol–water partition coefficient (Wildman–Crippen LogP) is 8.81. The topological polar surface area (TPSA) is 49.8 Å². The summed E-state index contributed by atoms with van der Waals surface area (Å²) < 4.78 is 34.2. The Hall–Kier alpha value is -2.55. The third-order valence-electron chi connectivity index (χ3n) is 8.11. The van der Waals surface area contributed by atoms with Gasteiger partial charge in [-0.15, -0.1) is 0 Å². The second kappa shape index (κ2) is 11.5. The summed E-state index contributed by atoms with van der Waals surface area (Å²) in [4.78, 5) is 15.2. The minimum Gasteiger partial charge on any atom is -0.508 e. The number of nitrogens with zero attached hydrogens (tertiary/aromatic N) is 1. The molecule has 0 aliphatic carbocycles. The van der Waals surface area contributed by atoms with Crippen LogP contribution in [0.25, 0.3) is 0 Å². The van der Waals surface area contributed by atoms with Crippen molar-refractivity contribution in [3.8, 4) is 5.75 Å². The lowest BCUT2D eigenvalue weighted by atomic mass is 9.77. The quantitative estimate of drug-likeness (QED) is 0.149. The van der Waals surface area contributed by atoms with Crippen LogP contribution in [0.3, 0.4) is 0 Å². The van der Waals surface area contributed by atoms with Gasteiger partial charge in [0.1, 0.15) is 17.4 Å². The number of phenols is 1. The van der Waals surface area contributed by atoms with E-state index in [4.69, 9.17) is 4.43 Å². The van der Waals surface area contributed by atoms with E-state index in [0.29, 0.717) is 29.4 Å². The monoisotopic (exact) mass is 615 g/mol. The highest BCUT2D eigenvalue weighted by Gasteiger charge is 2.50. The zero-order chi connectivity index (χ0) is 28.5. The maximum atomic E-state index is 13.7. The van der Waals surface area contributed by atoms with E-state index in [-0.39, 0.29) is 34.4 Å². The van der Waals surface area contributed by atoms with Gasteiger partial charge in [-0.3, -0.25) is 4.79 Å². The standard InChI is InChI=1S/C31H36BrF2NO3Si/c1-31(2,3)39(4,5)38-28(21-7-9-22(33)10-8-21)17-16-26-29(25-15-6-20(19-32)18-27(25)36)35(30(26)37)24-13-11-23(34)12-14-24/h6-15,18,26,28-29,36H,16-17,19H2,1-5H3. The second-order valence-corrected chi connectivity index (χ2v) is 17.1. The molecule has 0 radical (unpaired) electrons. The number of aromatic hydroxyl groups is 1. The smallest absolute Gasteiger partial charge is 0.233 e. The maximum Gasteiger partial charge on any atom is 0.233 e. The molecule has 8 heteroatoms. The molecular weight excluding hydrogens is 580 g/mol. The second-order valence-electron chi connectivity index (χ2n) is 11.8. The van der Waals surface area contributed by atoms with E-state index in [1.807, 2.05) is 12.1 Å². The number of hydrogen-bond acceptors (Lipinski definition) is 3. The van der Waals surface area contributed by atoms with Crippen molar-refractivity contribution in [1.29, 1.82) is 0 Å². The van der Waals surface area contributed by atoms with Gasteiger partial charge in [0.25, 0.3) is 0 Å². The summed E-state index contributed by atoms with van der Waals surface area (Å²) in [5.41, 5.74) is 3.03. The molecule has 1 heterocycles. The fraction of sp³-hybridized carbons (Fsp3) is 0.387. The molecule has 1 amide bonds. The van der Waals surface area contributed by atoms with Gasteiger partial charge in [-0.1, -0.05) is 61.0 Å². The van der Waals surface area contributed by atoms with E-state index < -0.39 is 20.3 Å². The fourth-order valence-corrected chi connectivity index (χ4v) is 6.50. The molecule has 1 aliphatic heterocycles. The van der Waals surface area contributed by atoms with Gasteiger partial charge in [0, 0.05) is 16.6 Å². The Morgan fingerprint density at radius 3 is 2.13 bits per heavy atom. The molecule has 1 saturated heterocycles. The van der Waals surface area contributed by atoms with Crippen LogP contribution in [0.1, 0.15) is 62.4 Å². The molecule has 0 spiro atoms. The molecule has 4 nitrogen and oxygen atoms in total. The third kappa shape index (κ3) is 6.28. The molecule has 208 valence electrons. The molecule has 3 aromatic carbocycles. The summed E-state index contributed by atoms with van der Waals surface area (Å²) in [7, 11) is -2.19. The van der Waals surface area contributed by atoms with Crippen LogP contribution in [0.5, 0.6) is 5.75 Å². The van der Waals surface area contributed by atoms with Crippen molar-refractivity contribution in [2.45, 2.75) is 69.2 Å². The summed E-state index contributed by atoms with van der Waals surface area (Å²) in [6.07, 6.45) is 0.768. The van der Waals surface area contributed by atoms with Crippen molar-refractivity contribution < 1.29 is 23.1 Å². The summed E-state index contributed by atoms with van der Waals surface area (Å²) in [5.74, 6) is -1.05. The van der Waals surface area contributed by atoms with Crippen LogP contribution in [0.2, 0.25) is 18.1 Å². The van der Waals surface area contributed by atoms with E-state index in [1.165, 1.54) is 24.3 Å². The highest BCUT2D eigenvalue weighted by molar-refractivity contribution is 9.08. The highest BCUT2D eigenvalue weighted by atomic mass is 79.9. The summed E-state index contributed by atoms with van der Waals surface area (Å²) >= 11 is 3.42. The first kappa shape index (κ1) is 29.4. The number of carbonyl (C=O) groups is 1. The van der Waals surface area contributed by atoms with Crippen molar-refractivity contribution in [3.63, 3.8) is 0 Å². The van der Waals surface area contributed by atoms with Crippen LogP contribution < -0.4 is 4.90 Å². The number of anilines is 1. The van der Waals surface area contributed by atoms with Gasteiger partial charge in [0.15, 0.2) is 8.32 Å². The van der Waals surface area contributed by atoms with Crippen LogP contribution in [0.15, 0.2) is 66.7 Å². The number of hydrogen-bond donors (Lipinski definition) is 1. The molecule has 0 bridgehead atoms. The third-order valence-corrected chi connectivity index (χ3v) is 13.2. The van der Waals surface area contributed by atoms with Gasteiger partial charge in [0.05, 0.1) is 18.1 Å². The first-order valence-corrected chi connectivity index (χ1v) is 17.2. The Kier molecular flexibility index (Phi) is 8.69. The first-order chi connectivity index (χ1) is 18.3. The minimum absolute atomic E-state index is 0.0254. The lowest BCUT2D eigenvalue weighted by molar-refractivity contribution is -0.131. The van der Waals surface area contributed by atoms with Crippen molar-refractivity contribution >= 4 is 35.8 Å². The Balaban J connectivity index is 1.65. The molecule has 1 fully saturated rings. The number of phenolic OH excluding ortho intramolecular Hbond substituents is 1. The van der Waals surface area contributed by atoms with E-state index >= 15 is 0 Å². The number of rotatable bonds is 9. The Bertz CT molecular complexity index is 1310.